The van der Waals surface area contributed by atoms with Crippen LogP contribution in [0.4, 0.5) is 0 Å². The van der Waals surface area contributed by atoms with Gasteiger partial charge in [-0.15, -0.1) is 0 Å². The lowest BCUT2D eigenvalue weighted by molar-refractivity contribution is 0.0598. The zero-order valence-electron chi connectivity index (χ0n) is 15.5. The predicted octanol–water partition coefficient (Wildman–Crippen LogP) is 5.79. The maximum absolute atomic E-state index is 13.2. The molecule has 0 fully saturated rings. The zero-order chi connectivity index (χ0) is 19.8. The van der Waals surface area contributed by atoms with Gasteiger partial charge in [0, 0.05) is 26.3 Å². The van der Waals surface area contributed by atoms with Gasteiger partial charge in [0.05, 0.1) is 6.54 Å². The summed E-state index contributed by atoms with van der Waals surface area (Å²) in [5.41, 5.74) is 2.10. The quantitative estimate of drug-likeness (QED) is 0.411. The Morgan fingerprint density at radius 1 is 0.655 bits per heavy atom. The van der Waals surface area contributed by atoms with Crippen LogP contribution in [0.15, 0.2) is 101 Å². The molecule has 1 heterocycles. The van der Waals surface area contributed by atoms with E-state index >= 15 is 0 Å². The van der Waals surface area contributed by atoms with E-state index in [2.05, 4.69) is 12.1 Å². The second kappa shape index (κ2) is 7.22. The SMILES string of the molecule is O=C1c2cccc3c(Sc4ccccc4)ccc(c23)C(=O)N1Cc1ccccc1. The summed E-state index contributed by atoms with van der Waals surface area (Å²) in [7, 11) is 0. The van der Waals surface area contributed by atoms with Gasteiger partial charge in [-0.2, -0.15) is 0 Å². The third-order valence-corrected chi connectivity index (χ3v) is 6.19. The first kappa shape index (κ1) is 17.7. The minimum absolute atomic E-state index is 0.237. The molecule has 0 unspecified atom stereocenters. The second-order valence-electron chi connectivity index (χ2n) is 6.94. The fourth-order valence-electron chi connectivity index (χ4n) is 3.73. The van der Waals surface area contributed by atoms with Crippen molar-refractivity contribution in [2.75, 3.05) is 0 Å². The highest BCUT2D eigenvalue weighted by Gasteiger charge is 2.33. The molecule has 140 valence electrons. The Labute approximate surface area is 173 Å². The van der Waals surface area contributed by atoms with Gasteiger partial charge in [-0.3, -0.25) is 14.5 Å². The second-order valence-corrected chi connectivity index (χ2v) is 8.05. The zero-order valence-corrected chi connectivity index (χ0v) is 16.4. The van der Waals surface area contributed by atoms with Gasteiger partial charge >= 0.3 is 0 Å². The van der Waals surface area contributed by atoms with E-state index in [1.54, 1.807) is 11.8 Å². The van der Waals surface area contributed by atoms with Crippen LogP contribution < -0.4 is 0 Å². The van der Waals surface area contributed by atoms with Crippen molar-refractivity contribution in [2.45, 2.75) is 16.3 Å². The van der Waals surface area contributed by atoms with Crippen LogP contribution in [0, 0.1) is 0 Å². The normalized spacial score (nSPS) is 13.2. The number of benzene rings is 4. The fourth-order valence-corrected chi connectivity index (χ4v) is 4.70. The van der Waals surface area contributed by atoms with Gasteiger partial charge in [0.2, 0.25) is 0 Å². The van der Waals surface area contributed by atoms with Crippen molar-refractivity contribution in [1.29, 1.82) is 0 Å². The van der Waals surface area contributed by atoms with Crippen LogP contribution in [-0.4, -0.2) is 16.7 Å². The highest BCUT2D eigenvalue weighted by molar-refractivity contribution is 7.99. The molecule has 0 radical (unpaired) electrons. The largest absolute Gasteiger partial charge is 0.270 e. The highest BCUT2D eigenvalue weighted by Crippen LogP contribution is 2.38. The van der Waals surface area contributed by atoms with Gasteiger partial charge < -0.3 is 0 Å². The van der Waals surface area contributed by atoms with E-state index < -0.39 is 0 Å². The molecule has 1 aliphatic heterocycles. The van der Waals surface area contributed by atoms with Crippen molar-refractivity contribution in [3.63, 3.8) is 0 Å². The van der Waals surface area contributed by atoms with Crippen molar-refractivity contribution < 1.29 is 9.59 Å². The molecule has 0 saturated heterocycles. The number of hydrogen-bond donors (Lipinski definition) is 0. The summed E-state index contributed by atoms with van der Waals surface area (Å²) in [6, 6.07) is 29.2. The van der Waals surface area contributed by atoms with E-state index in [-0.39, 0.29) is 18.4 Å². The Morgan fingerprint density at radius 2 is 1.31 bits per heavy atom. The maximum atomic E-state index is 13.2. The molecule has 3 nitrogen and oxygen atoms in total. The van der Waals surface area contributed by atoms with Crippen molar-refractivity contribution in [2.24, 2.45) is 0 Å². The van der Waals surface area contributed by atoms with Crippen LogP contribution in [0.5, 0.6) is 0 Å². The lowest BCUT2D eigenvalue weighted by Gasteiger charge is -2.27. The molecule has 0 bridgehead atoms. The van der Waals surface area contributed by atoms with Crippen LogP contribution in [0.25, 0.3) is 10.8 Å². The Morgan fingerprint density at radius 3 is 2.03 bits per heavy atom. The molecule has 0 N–H and O–H groups in total. The molecule has 0 aromatic heterocycles. The molecular formula is C25H17NO2S. The molecule has 0 atom stereocenters. The van der Waals surface area contributed by atoms with Gasteiger partial charge in [-0.1, -0.05) is 72.4 Å². The molecule has 4 heteroatoms. The predicted molar refractivity (Wildman–Crippen MR) is 115 cm³/mol. The highest BCUT2D eigenvalue weighted by atomic mass is 32.2. The van der Waals surface area contributed by atoms with E-state index in [1.807, 2.05) is 78.9 Å². The first-order valence-corrected chi connectivity index (χ1v) is 10.2. The van der Waals surface area contributed by atoms with Crippen molar-refractivity contribution >= 4 is 34.3 Å². The summed E-state index contributed by atoms with van der Waals surface area (Å²) in [6.45, 7) is 0.273. The van der Waals surface area contributed by atoms with Gasteiger partial charge in [-0.25, -0.2) is 0 Å². The summed E-state index contributed by atoms with van der Waals surface area (Å²) in [4.78, 5) is 29.9. The monoisotopic (exact) mass is 395 g/mol. The summed E-state index contributed by atoms with van der Waals surface area (Å²) in [5.74, 6) is -0.474. The van der Waals surface area contributed by atoms with Crippen molar-refractivity contribution in [3.8, 4) is 0 Å². The molecule has 4 aromatic rings. The number of carbonyl (C=O) groups excluding carboxylic acids is 2. The minimum Gasteiger partial charge on any atom is -0.270 e. The molecule has 2 amide bonds. The summed E-state index contributed by atoms with van der Waals surface area (Å²) >= 11 is 1.64. The average Bonchev–Trinajstić information content (AvgIpc) is 2.77. The molecule has 4 aromatic carbocycles. The molecule has 29 heavy (non-hydrogen) atoms. The lowest BCUT2D eigenvalue weighted by Crippen LogP contribution is -2.39. The number of carbonyl (C=O) groups is 2. The first-order chi connectivity index (χ1) is 14.2. The van der Waals surface area contributed by atoms with Gasteiger partial charge in [-0.05, 0) is 41.3 Å². The Kier molecular flexibility index (Phi) is 4.41. The van der Waals surface area contributed by atoms with Gasteiger partial charge in [0.25, 0.3) is 11.8 Å². The van der Waals surface area contributed by atoms with Crippen LogP contribution in [0.3, 0.4) is 0 Å². The smallest absolute Gasteiger partial charge is 0.261 e. The van der Waals surface area contributed by atoms with Crippen LogP contribution >= 0.6 is 11.8 Å². The number of rotatable bonds is 4. The maximum Gasteiger partial charge on any atom is 0.261 e. The number of hydrogen-bond acceptors (Lipinski definition) is 3. The van der Waals surface area contributed by atoms with Gasteiger partial charge in [0.1, 0.15) is 0 Å². The Balaban J connectivity index is 1.59. The van der Waals surface area contributed by atoms with E-state index in [1.165, 1.54) is 4.90 Å². The van der Waals surface area contributed by atoms with E-state index in [4.69, 9.17) is 0 Å². The topological polar surface area (TPSA) is 37.4 Å². The number of amides is 2. The van der Waals surface area contributed by atoms with Gasteiger partial charge in [0.15, 0.2) is 0 Å². The number of imide groups is 1. The van der Waals surface area contributed by atoms with Crippen LogP contribution in [0.1, 0.15) is 26.3 Å². The van der Waals surface area contributed by atoms with E-state index in [0.29, 0.717) is 11.1 Å². The third kappa shape index (κ3) is 3.12. The van der Waals surface area contributed by atoms with E-state index in [9.17, 15) is 9.59 Å². The van der Waals surface area contributed by atoms with Crippen molar-refractivity contribution in [3.05, 3.63) is 108 Å². The molecule has 1 aliphatic rings. The van der Waals surface area contributed by atoms with E-state index in [0.717, 1.165) is 26.1 Å². The first-order valence-electron chi connectivity index (χ1n) is 9.41. The van der Waals surface area contributed by atoms with Crippen LogP contribution in [0.2, 0.25) is 0 Å². The molecular weight excluding hydrogens is 378 g/mol. The van der Waals surface area contributed by atoms with Crippen LogP contribution in [-0.2, 0) is 6.54 Å². The summed E-state index contributed by atoms with van der Waals surface area (Å²) < 4.78 is 0. The van der Waals surface area contributed by atoms with Crippen molar-refractivity contribution in [1.82, 2.24) is 4.90 Å². The third-order valence-electron chi connectivity index (χ3n) is 5.11. The molecule has 5 rings (SSSR count). The molecule has 0 aliphatic carbocycles. The summed E-state index contributed by atoms with van der Waals surface area (Å²) in [6.07, 6.45) is 0. The lowest BCUT2D eigenvalue weighted by atomic mass is 9.93. The number of nitrogens with zero attached hydrogens (tertiary/aromatic N) is 1. The average molecular weight is 395 g/mol. The minimum atomic E-state index is -0.237. The summed E-state index contributed by atoms with van der Waals surface area (Å²) in [5, 5.41) is 1.70. The molecule has 0 saturated carbocycles. The standard InChI is InChI=1S/C25H17NO2S/c27-24-20-13-7-12-19-22(29-18-10-5-2-6-11-18)15-14-21(23(19)20)25(28)26(24)16-17-8-3-1-4-9-17/h1-15H,16H2. The molecule has 0 spiro atoms. The Bertz CT molecular complexity index is 1210. The fraction of sp³-hybridized carbons (Fsp3) is 0.0400. The Hall–Kier alpha value is -3.37.